The minimum absolute atomic E-state index is 0.0318. The predicted octanol–water partition coefficient (Wildman–Crippen LogP) is 3.94. The number of aliphatic hydroxyl groups is 1. The highest BCUT2D eigenvalue weighted by Crippen LogP contribution is 2.19. The summed E-state index contributed by atoms with van der Waals surface area (Å²) in [6, 6.07) is 15.4. The Morgan fingerprint density at radius 3 is 2.72 bits per heavy atom. The van der Waals surface area contributed by atoms with E-state index in [0.717, 1.165) is 25.0 Å². The van der Waals surface area contributed by atoms with Crippen molar-refractivity contribution in [2.45, 2.75) is 51.9 Å². The van der Waals surface area contributed by atoms with Crippen LogP contribution in [0.3, 0.4) is 0 Å². The van der Waals surface area contributed by atoms with Crippen molar-refractivity contribution in [3.8, 4) is 11.8 Å². The molecule has 1 saturated heterocycles. The SMILES string of the molecule is Cc1ccccc1CN(CC1CCCO1)C(=O)c1cccc(C#CC(C)(C)O)c1. The smallest absolute Gasteiger partial charge is 0.254 e. The molecule has 0 radical (unpaired) electrons. The number of carbonyl (C=O) groups excluding carboxylic acids is 1. The lowest BCUT2D eigenvalue weighted by Crippen LogP contribution is -2.37. The monoisotopic (exact) mass is 391 g/mol. The van der Waals surface area contributed by atoms with Crippen molar-refractivity contribution < 1.29 is 14.6 Å². The van der Waals surface area contributed by atoms with Crippen LogP contribution in [0.4, 0.5) is 0 Å². The first kappa shape index (κ1) is 21.1. The van der Waals surface area contributed by atoms with E-state index in [-0.39, 0.29) is 12.0 Å². The molecule has 152 valence electrons. The van der Waals surface area contributed by atoms with Gasteiger partial charge in [0.25, 0.3) is 5.91 Å². The fraction of sp³-hybridized carbons (Fsp3) is 0.400. The zero-order valence-electron chi connectivity index (χ0n) is 17.4. The van der Waals surface area contributed by atoms with Crippen LogP contribution in [-0.2, 0) is 11.3 Å². The molecule has 3 rings (SSSR count). The number of nitrogens with zero attached hydrogens (tertiary/aromatic N) is 1. The van der Waals surface area contributed by atoms with Gasteiger partial charge < -0.3 is 14.7 Å². The van der Waals surface area contributed by atoms with Gasteiger partial charge in [0.2, 0.25) is 0 Å². The van der Waals surface area contributed by atoms with Gasteiger partial charge in [0.1, 0.15) is 5.60 Å². The summed E-state index contributed by atoms with van der Waals surface area (Å²) in [7, 11) is 0. The summed E-state index contributed by atoms with van der Waals surface area (Å²) in [4.78, 5) is 15.3. The number of ether oxygens (including phenoxy) is 1. The molecule has 0 bridgehead atoms. The van der Waals surface area contributed by atoms with Crippen LogP contribution in [0.25, 0.3) is 0 Å². The number of hydrogen-bond donors (Lipinski definition) is 1. The molecule has 0 aliphatic carbocycles. The molecule has 1 fully saturated rings. The van der Waals surface area contributed by atoms with Crippen LogP contribution in [-0.4, -0.2) is 40.8 Å². The Hall–Kier alpha value is -2.61. The van der Waals surface area contributed by atoms with Crippen LogP contribution in [0.15, 0.2) is 48.5 Å². The van der Waals surface area contributed by atoms with Gasteiger partial charge in [-0.25, -0.2) is 0 Å². The van der Waals surface area contributed by atoms with Gasteiger partial charge in [-0.15, -0.1) is 0 Å². The van der Waals surface area contributed by atoms with Crippen molar-refractivity contribution in [1.29, 1.82) is 0 Å². The Balaban J connectivity index is 1.85. The normalized spacial score (nSPS) is 16.2. The van der Waals surface area contributed by atoms with Gasteiger partial charge in [0.05, 0.1) is 6.10 Å². The van der Waals surface area contributed by atoms with Crippen molar-refractivity contribution in [2.75, 3.05) is 13.2 Å². The quantitative estimate of drug-likeness (QED) is 0.786. The number of hydrogen-bond acceptors (Lipinski definition) is 3. The summed E-state index contributed by atoms with van der Waals surface area (Å²) < 4.78 is 5.79. The Bertz CT molecular complexity index is 911. The van der Waals surface area contributed by atoms with Gasteiger partial charge in [-0.3, -0.25) is 4.79 Å². The lowest BCUT2D eigenvalue weighted by atomic mass is 10.1. The van der Waals surface area contributed by atoms with Crippen LogP contribution < -0.4 is 0 Å². The number of carbonyl (C=O) groups is 1. The molecule has 0 spiro atoms. The van der Waals surface area contributed by atoms with E-state index in [2.05, 4.69) is 30.9 Å². The van der Waals surface area contributed by atoms with Gasteiger partial charge in [0.15, 0.2) is 0 Å². The minimum Gasteiger partial charge on any atom is -0.378 e. The standard InChI is InChI=1S/C25H29NO3/c1-19-8-4-5-10-22(19)17-26(18-23-12-7-15-29-23)24(27)21-11-6-9-20(16-21)13-14-25(2,3)28/h4-6,8-11,16,23,28H,7,12,15,17-18H2,1-3H3. The van der Waals surface area contributed by atoms with Gasteiger partial charge in [-0.2, -0.15) is 0 Å². The summed E-state index contributed by atoms with van der Waals surface area (Å²) in [5.74, 6) is 5.72. The van der Waals surface area contributed by atoms with Crippen molar-refractivity contribution >= 4 is 5.91 Å². The van der Waals surface area contributed by atoms with E-state index in [0.29, 0.717) is 24.2 Å². The van der Waals surface area contributed by atoms with Crippen molar-refractivity contribution in [2.24, 2.45) is 0 Å². The first-order valence-electron chi connectivity index (χ1n) is 10.1. The molecular formula is C25H29NO3. The lowest BCUT2D eigenvalue weighted by Gasteiger charge is -2.26. The van der Waals surface area contributed by atoms with Crippen molar-refractivity contribution in [3.63, 3.8) is 0 Å². The molecule has 1 unspecified atom stereocenters. The topological polar surface area (TPSA) is 49.8 Å². The molecule has 1 aliphatic rings. The molecule has 2 aromatic rings. The average molecular weight is 392 g/mol. The summed E-state index contributed by atoms with van der Waals surface area (Å²) in [5.41, 5.74) is 2.54. The molecule has 0 aromatic heterocycles. The Labute approximate surface area is 173 Å². The molecule has 1 heterocycles. The molecule has 1 N–H and O–H groups in total. The fourth-order valence-corrected chi connectivity index (χ4v) is 3.38. The third-order valence-corrected chi connectivity index (χ3v) is 4.98. The number of benzene rings is 2. The van der Waals surface area contributed by atoms with E-state index in [1.165, 1.54) is 5.56 Å². The summed E-state index contributed by atoms with van der Waals surface area (Å²) in [6.45, 7) is 7.23. The molecule has 1 aliphatic heterocycles. The van der Waals surface area contributed by atoms with E-state index >= 15 is 0 Å². The molecule has 4 heteroatoms. The largest absolute Gasteiger partial charge is 0.378 e. The van der Waals surface area contributed by atoms with Gasteiger partial charge in [-0.05, 0) is 62.9 Å². The highest BCUT2D eigenvalue weighted by Gasteiger charge is 2.24. The van der Waals surface area contributed by atoms with E-state index in [1.807, 2.05) is 35.2 Å². The minimum atomic E-state index is -1.07. The predicted molar refractivity (Wildman–Crippen MR) is 115 cm³/mol. The van der Waals surface area contributed by atoms with Gasteiger partial charge >= 0.3 is 0 Å². The number of aryl methyl sites for hydroxylation is 1. The molecule has 4 nitrogen and oxygen atoms in total. The molecular weight excluding hydrogens is 362 g/mol. The van der Waals surface area contributed by atoms with E-state index < -0.39 is 5.60 Å². The van der Waals surface area contributed by atoms with Crippen LogP contribution in [0.2, 0.25) is 0 Å². The zero-order valence-corrected chi connectivity index (χ0v) is 17.4. The fourth-order valence-electron chi connectivity index (χ4n) is 3.38. The third-order valence-electron chi connectivity index (χ3n) is 4.98. The first-order valence-corrected chi connectivity index (χ1v) is 10.1. The van der Waals surface area contributed by atoms with Crippen LogP contribution in [0.5, 0.6) is 0 Å². The van der Waals surface area contributed by atoms with Crippen molar-refractivity contribution in [1.82, 2.24) is 4.90 Å². The maximum atomic E-state index is 13.4. The van der Waals surface area contributed by atoms with Crippen LogP contribution in [0, 0.1) is 18.8 Å². The second-order valence-electron chi connectivity index (χ2n) is 8.14. The Kier molecular flexibility index (Phi) is 6.74. The zero-order chi connectivity index (χ0) is 20.9. The molecule has 2 aromatic carbocycles. The molecule has 1 amide bonds. The number of rotatable bonds is 5. The second-order valence-corrected chi connectivity index (χ2v) is 8.14. The van der Waals surface area contributed by atoms with Crippen LogP contribution >= 0.6 is 0 Å². The van der Waals surface area contributed by atoms with E-state index in [4.69, 9.17) is 4.74 Å². The van der Waals surface area contributed by atoms with Crippen LogP contribution in [0.1, 0.15) is 53.7 Å². The Morgan fingerprint density at radius 2 is 2.03 bits per heavy atom. The highest BCUT2D eigenvalue weighted by atomic mass is 16.5. The molecule has 1 atom stereocenters. The van der Waals surface area contributed by atoms with Gasteiger partial charge in [-0.1, -0.05) is 42.2 Å². The lowest BCUT2D eigenvalue weighted by molar-refractivity contribution is 0.0507. The third kappa shape index (κ3) is 6.19. The van der Waals surface area contributed by atoms with E-state index in [9.17, 15) is 9.90 Å². The summed E-state index contributed by atoms with van der Waals surface area (Å²) in [5, 5.41) is 9.83. The number of amides is 1. The average Bonchev–Trinajstić information content (AvgIpc) is 3.20. The van der Waals surface area contributed by atoms with Gasteiger partial charge in [0, 0.05) is 30.8 Å². The van der Waals surface area contributed by atoms with E-state index in [1.54, 1.807) is 19.9 Å². The Morgan fingerprint density at radius 1 is 1.24 bits per heavy atom. The second kappa shape index (κ2) is 9.26. The maximum absolute atomic E-state index is 13.4. The first-order chi connectivity index (χ1) is 13.8. The van der Waals surface area contributed by atoms with Crippen molar-refractivity contribution in [3.05, 3.63) is 70.8 Å². The maximum Gasteiger partial charge on any atom is 0.254 e. The molecule has 29 heavy (non-hydrogen) atoms. The summed E-state index contributed by atoms with van der Waals surface area (Å²) >= 11 is 0. The molecule has 0 saturated carbocycles. The highest BCUT2D eigenvalue weighted by molar-refractivity contribution is 5.94. The summed E-state index contributed by atoms with van der Waals surface area (Å²) in [6.07, 6.45) is 2.11.